The molecule has 0 saturated carbocycles. The zero-order chi connectivity index (χ0) is 17.7. The predicted octanol–water partition coefficient (Wildman–Crippen LogP) is 4.45. The number of nitrogens with one attached hydrogen (secondary N) is 2. The maximum Gasteiger partial charge on any atom is 0.267 e. The lowest BCUT2D eigenvalue weighted by Gasteiger charge is -2.08. The Labute approximate surface area is 153 Å². The molecule has 2 aromatic rings. The fourth-order valence-electron chi connectivity index (χ4n) is 1.86. The highest BCUT2D eigenvalue weighted by Crippen LogP contribution is 2.24. The number of carbonyl (C=O) groups is 1. The van der Waals surface area contributed by atoms with Gasteiger partial charge in [-0.1, -0.05) is 27.5 Å². The third-order valence-corrected chi connectivity index (χ3v) is 4.35. The van der Waals surface area contributed by atoms with E-state index in [0.29, 0.717) is 16.4 Å². The molecule has 0 radical (unpaired) electrons. The van der Waals surface area contributed by atoms with Crippen LogP contribution < -0.4 is 16.4 Å². The molecule has 5 nitrogen and oxygen atoms in total. The van der Waals surface area contributed by atoms with E-state index in [0.717, 1.165) is 15.7 Å². The lowest BCUT2D eigenvalue weighted by atomic mass is 10.2. The van der Waals surface area contributed by atoms with Crippen molar-refractivity contribution in [1.82, 2.24) is 0 Å². The summed E-state index contributed by atoms with van der Waals surface area (Å²) in [5, 5.41) is 15.0. The van der Waals surface area contributed by atoms with E-state index in [-0.39, 0.29) is 5.57 Å². The van der Waals surface area contributed by atoms with Crippen LogP contribution in [0, 0.1) is 18.3 Å². The van der Waals surface area contributed by atoms with Crippen LogP contribution in [0.5, 0.6) is 0 Å². The van der Waals surface area contributed by atoms with Gasteiger partial charge in [0, 0.05) is 22.0 Å². The van der Waals surface area contributed by atoms with Gasteiger partial charge in [0.25, 0.3) is 5.91 Å². The van der Waals surface area contributed by atoms with Crippen molar-refractivity contribution >= 4 is 50.5 Å². The number of rotatable bonds is 4. The molecule has 1 amide bonds. The van der Waals surface area contributed by atoms with Gasteiger partial charge in [-0.25, -0.2) is 0 Å². The second-order valence-corrected chi connectivity index (χ2v) is 6.23. The summed E-state index contributed by atoms with van der Waals surface area (Å²) in [5.74, 6) is -0.564. The Balaban J connectivity index is 2.13. The molecule has 2 aromatic carbocycles. The first-order valence-electron chi connectivity index (χ1n) is 6.90. The van der Waals surface area contributed by atoms with E-state index in [9.17, 15) is 10.1 Å². The smallest absolute Gasteiger partial charge is 0.267 e. The molecule has 0 atom stereocenters. The number of nitrogens with zero attached hydrogens (tertiary/aromatic N) is 1. The molecular weight excluding hydrogens is 392 g/mol. The fourth-order valence-corrected chi connectivity index (χ4v) is 2.34. The van der Waals surface area contributed by atoms with Crippen molar-refractivity contribution in [2.45, 2.75) is 6.92 Å². The van der Waals surface area contributed by atoms with Crippen molar-refractivity contribution in [3.05, 3.63) is 63.2 Å². The second-order valence-electron chi connectivity index (χ2n) is 4.97. The molecule has 0 heterocycles. The van der Waals surface area contributed by atoms with Crippen LogP contribution in [0.15, 0.2) is 52.6 Å². The fraction of sp³-hybridized carbons (Fsp3) is 0.0588. The number of anilines is 3. The van der Waals surface area contributed by atoms with Crippen LogP contribution in [0.4, 0.5) is 17.1 Å². The van der Waals surface area contributed by atoms with Crippen LogP contribution in [0.2, 0.25) is 5.02 Å². The largest absolute Gasteiger partial charge is 0.399 e. The minimum Gasteiger partial charge on any atom is -0.399 e. The third-order valence-electron chi connectivity index (χ3n) is 3.15. The molecule has 0 bridgehead atoms. The number of hydrogen-bond donors (Lipinski definition) is 3. The topological polar surface area (TPSA) is 90.9 Å². The summed E-state index contributed by atoms with van der Waals surface area (Å²) >= 11 is 9.42. The van der Waals surface area contributed by atoms with Crippen molar-refractivity contribution in [3.8, 4) is 6.07 Å². The van der Waals surface area contributed by atoms with E-state index in [1.54, 1.807) is 12.1 Å². The van der Waals surface area contributed by atoms with Gasteiger partial charge < -0.3 is 16.4 Å². The summed E-state index contributed by atoms with van der Waals surface area (Å²) in [6, 6.07) is 12.2. The molecule has 0 fully saturated rings. The molecule has 0 aliphatic rings. The van der Waals surface area contributed by atoms with Crippen LogP contribution in [-0.2, 0) is 4.79 Å². The van der Waals surface area contributed by atoms with Crippen LogP contribution in [0.3, 0.4) is 0 Å². The van der Waals surface area contributed by atoms with Crippen molar-refractivity contribution in [2.75, 3.05) is 16.4 Å². The quantitative estimate of drug-likeness (QED) is 0.398. The van der Waals surface area contributed by atoms with Gasteiger partial charge in [-0.2, -0.15) is 5.26 Å². The molecule has 24 heavy (non-hydrogen) atoms. The van der Waals surface area contributed by atoms with Gasteiger partial charge in [0.1, 0.15) is 11.6 Å². The Morgan fingerprint density at radius 1 is 1.33 bits per heavy atom. The number of hydrogen-bond acceptors (Lipinski definition) is 4. The number of nitrogens with two attached hydrogens (primary N) is 1. The lowest BCUT2D eigenvalue weighted by molar-refractivity contribution is -0.112. The third kappa shape index (κ3) is 4.51. The summed E-state index contributed by atoms with van der Waals surface area (Å²) < 4.78 is 0.980. The normalized spacial score (nSPS) is 10.8. The van der Waals surface area contributed by atoms with E-state index in [4.69, 9.17) is 17.3 Å². The first kappa shape index (κ1) is 17.9. The number of amides is 1. The van der Waals surface area contributed by atoms with Crippen molar-refractivity contribution in [3.63, 3.8) is 0 Å². The molecule has 0 aliphatic carbocycles. The maximum atomic E-state index is 12.2. The number of halogens is 2. The zero-order valence-electron chi connectivity index (χ0n) is 12.7. The number of nitriles is 1. The van der Waals surface area contributed by atoms with Gasteiger partial charge in [0.2, 0.25) is 0 Å². The van der Waals surface area contributed by atoms with Gasteiger partial charge in [-0.15, -0.1) is 0 Å². The molecule has 0 aliphatic heterocycles. The maximum absolute atomic E-state index is 12.2. The van der Waals surface area contributed by atoms with E-state index in [2.05, 4.69) is 26.6 Å². The number of nitrogen functional groups attached to an aromatic ring is 1. The Morgan fingerprint density at radius 3 is 2.71 bits per heavy atom. The average Bonchev–Trinajstić information content (AvgIpc) is 2.54. The van der Waals surface area contributed by atoms with Gasteiger partial charge >= 0.3 is 0 Å². The van der Waals surface area contributed by atoms with E-state index in [1.807, 2.05) is 31.2 Å². The average molecular weight is 406 g/mol. The number of aryl methyl sites for hydroxylation is 1. The zero-order valence-corrected chi connectivity index (χ0v) is 15.1. The molecular formula is C17H14BrClN4O. The predicted molar refractivity (Wildman–Crippen MR) is 101 cm³/mol. The number of benzene rings is 2. The van der Waals surface area contributed by atoms with Crippen LogP contribution in [-0.4, -0.2) is 5.91 Å². The highest BCUT2D eigenvalue weighted by Gasteiger charge is 2.11. The summed E-state index contributed by atoms with van der Waals surface area (Å²) in [6.07, 6.45) is 1.35. The Hall–Kier alpha value is -2.49. The van der Waals surface area contributed by atoms with Gasteiger partial charge in [-0.05, 0) is 48.9 Å². The molecule has 7 heteroatoms. The molecule has 4 N–H and O–H groups in total. The number of carbonyl (C=O) groups excluding carboxylic acids is 1. The van der Waals surface area contributed by atoms with Crippen LogP contribution in [0.1, 0.15) is 5.56 Å². The molecule has 0 spiro atoms. The van der Waals surface area contributed by atoms with Crippen molar-refractivity contribution < 1.29 is 4.79 Å². The SMILES string of the molecule is Cc1cc(N/C=C(/C#N)C(=O)Nc2ccc(N)cc2Cl)ccc1Br. The van der Waals surface area contributed by atoms with E-state index in [1.165, 1.54) is 12.3 Å². The monoisotopic (exact) mass is 404 g/mol. The highest BCUT2D eigenvalue weighted by molar-refractivity contribution is 9.10. The minimum absolute atomic E-state index is 0.0801. The molecule has 0 saturated heterocycles. The first-order chi connectivity index (χ1) is 11.4. The van der Waals surface area contributed by atoms with E-state index < -0.39 is 5.91 Å². The minimum atomic E-state index is -0.564. The van der Waals surface area contributed by atoms with Crippen molar-refractivity contribution in [1.29, 1.82) is 5.26 Å². The summed E-state index contributed by atoms with van der Waals surface area (Å²) in [5.41, 5.74) is 8.20. The van der Waals surface area contributed by atoms with E-state index >= 15 is 0 Å². The summed E-state index contributed by atoms with van der Waals surface area (Å²) in [6.45, 7) is 1.94. The van der Waals surface area contributed by atoms with Crippen molar-refractivity contribution in [2.24, 2.45) is 0 Å². The molecule has 0 aromatic heterocycles. The van der Waals surface area contributed by atoms with Gasteiger partial charge in [0.05, 0.1) is 10.7 Å². The Kier molecular flexibility index (Phi) is 5.85. The molecule has 0 unspecified atom stereocenters. The standard InChI is InChI=1S/C17H14BrClN4O/c1-10-6-13(3-4-14(10)18)22-9-11(8-20)17(24)23-16-5-2-12(21)7-15(16)19/h2-7,9,22H,21H2,1H3,(H,23,24)/b11-9-. The summed E-state index contributed by atoms with van der Waals surface area (Å²) in [7, 11) is 0. The Bertz CT molecular complexity index is 858. The lowest BCUT2D eigenvalue weighted by Crippen LogP contribution is -2.15. The van der Waals surface area contributed by atoms with Crippen LogP contribution in [0.25, 0.3) is 0 Å². The molecule has 2 rings (SSSR count). The summed E-state index contributed by atoms with van der Waals surface area (Å²) in [4.78, 5) is 12.2. The van der Waals surface area contributed by atoms with Crippen LogP contribution >= 0.6 is 27.5 Å². The highest BCUT2D eigenvalue weighted by atomic mass is 79.9. The van der Waals surface area contributed by atoms with Gasteiger partial charge in [-0.3, -0.25) is 4.79 Å². The first-order valence-corrected chi connectivity index (χ1v) is 8.07. The Morgan fingerprint density at radius 2 is 2.08 bits per heavy atom. The molecule has 122 valence electrons. The second kappa shape index (κ2) is 7.86. The van der Waals surface area contributed by atoms with Gasteiger partial charge in [0.15, 0.2) is 0 Å².